The zero-order chi connectivity index (χ0) is 11.7. The normalized spacial score (nSPS) is 10.9. The van der Waals surface area contributed by atoms with Gasteiger partial charge >= 0.3 is 0 Å². The minimum absolute atomic E-state index is 0.834. The van der Waals surface area contributed by atoms with E-state index in [2.05, 4.69) is 44.1 Å². The summed E-state index contributed by atoms with van der Waals surface area (Å²) in [4.78, 5) is 4.39. The fourth-order valence-corrected chi connectivity index (χ4v) is 2.24. The van der Waals surface area contributed by atoms with Crippen molar-refractivity contribution in [3.8, 4) is 0 Å². The molecule has 0 atom stereocenters. The molecule has 3 radical (unpaired) electrons. The van der Waals surface area contributed by atoms with E-state index >= 15 is 0 Å². The largest absolute Gasteiger partial charge is 0.326 e. The third-order valence-corrected chi connectivity index (χ3v) is 3.37. The number of rotatable bonds is 2. The summed E-state index contributed by atoms with van der Waals surface area (Å²) in [6.45, 7) is 0.834. The Morgan fingerprint density at radius 1 is 1.00 bits per heavy atom. The Kier molecular flexibility index (Phi) is 2.53. The van der Waals surface area contributed by atoms with Crippen LogP contribution in [0, 0.1) is 0 Å². The van der Waals surface area contributed by atoms with E-state index in [4.69, 9.17) is 0 Å². The lowest BCUT2D eigenvalue weighted by Crippen LogP contribution is -2.12. The molecule has 0 spiro atoms. The van der Waals surface area contributed by atoms with E-state index in [9.17, 15) is 0 Å². The fourth-order valence-electron chi connectivity index (χ4n) is 1.98. The second-order valence-corrected chi connectivity index (χ2v) is 4.56. The van der Waals surface area contributed by atoms with Gasteiger partial charge < -0.3 is 4.57 Å². The maximum Gasteiger partial charge on any atom is 0.0961 e. The first kappa shape index (κ1) is 10.3. The molecule has 0 bridgehead atoms. The Morgan fingerprint density at radius 2 is 1.76 bits per heavy atom. The molecule has 2 aromatic carbocycles. The second kappa shape index (κ2) is 4.18. The highest BCUT2D eigenvalue weighted by Crippen LogP contribution is 2.13. The number of fused-ring (bicyclic) bond motifs is 1. The monoisotopic (exact) mass is 235 g/mol. The zero-order valence-corrected chi connectivity index (χ0v) is 10.3. The molecule has 0 aliphatic rings. The molecule has 81 valence electrons. The molecule has 2 nitrogen and oxygen atoms in total. The van der Waals surface area contributed by atoms with Gasteiger partial charge in [0.25, 0.3) is 0 Å². The highest BCUT2D eigenvalue weighted by Gasteiger charge is 2.03. The van der Waals surface area contributed by atoms with Gasteiger partial charge in [0.15, 0.2) is 0 Å². The Morgan fingerprint density at radius 3 is 2.65 bits per heavy atom. The van der Waals surface area contributed by atoms with Crippen LogP contribution in [0.2, 0.25) is 0 Å². The van der Waals surface area contributed by atoms with Gasteiger partial charge in [0.1, 0.15) is 0 Å². The average molecular weight is 235 g/mol. The molecule has 1 aromatic heterocycles. The van der Waals surface area contributed by atoms with Gasteiger partial charge in [-0.15, -0.1) is 0 Å². The molecule has 0 N–H and O–H groups in total. The van der Waals surface area contributed by atoms with Gasteiger partial charge in [-0.3, -0.25) is 0 Å². The zero-order valence-electron chi connectivity index (χ0n) is 9.30. The molecule has 0 saturated carbocycles. The van der Waals surface area contributed by atoms with Gasteiger partial charge in [0, 0.05) is 6.54 Å². The van der Waals surface area contributed by atoms with E-state index in [0.29, 0.717) is 0 Å². The first-order valence-corrected chi connectivity index (χ1v) is 6.04. The Bertz CT molecular complexity index is 658. The van der Waals surface area contributed by atoms with Gasteiger partial charge in [-0.2, -0.15) is 0 Å². The third kappa shape index (κ3) is 1.89. The van der Waals surface area contributed by atoms with Crippen molar-refractivity contribution in [2.45, 2.75) is 6.54 Å². The van der Waals surface area contributed by atoms with Crippen molar-refractivity contribution in [2.24, 2.45) is 0 Å². The van der Waals surface area contributed by atoms with Crippen LogP contribution in [0.5, 0.6) is 0 Å². The number of hydrogen-bond donors (Lipinski definition) is 0. The topological polar surface area (TPSA) is 17.8 Å². The minimum Gasteiger partial charge on any atom is -0.326 e. The van der Waals surface area contributed by atoms with Crippen LogP contribution in [0.25, 0.3) is 11.0 Å². The predicted octanol–water partition coefficient (Wildman–Crippen LogP) is 1.88. The fraction of sp³-hybridized carbons (Fsp3) is 0.0714. The Balaban J connectivity index is 2.03. The summed E-state index contributed by atoms with van der Waals surface area (Å²) in [5, 5.41) is 1.13. The van der Waals surface area contributed by atoms with Gasteiger partial charge in [-0.05, 0) is 17.7 Å². The highest BCUT2D eigenvalue weighted by atomic mass is 28.1. The van der Waals surface area contributed by atoms with Crippen molar-refractivity contribution in [1.82, 2.24) is 9.55 Å². The van der Waals surface area contributed by atoms with Crippen LogP contribution < -0.4 is 5.19 Å². The predicted molar refractivity (Wildman–Crippen MR) is 70.7 cm³/mol. The summed E-state index contributed by atoms with van der Waals surface area (Å²) >= 11 is 0. The Hall–Kier alpha value is -1.87. The van der Waals surface area contributed by atoms with Crippen molar-refractivity contribution in [3.05, 3.63) is 60.4 Å². The molecule has 3 aromatic rings. The number of benzene rings is 2. The maximum atomic E-state index is 4.39. The van der Waals surface area contributed by atoms with Crippen molar-refractivity contribution in [3.63, 3.8) is 0 Å². The SMILES string of the molecule is [Si]c1ccccc1Cn1cnc2ccccc21. The van der Waals surface area contributed by atoms with Crippen LogP contribution in [0.3, 0.4) is 0 Å². The van der Waals surface area contributed by atoms with Crippen molar-refractivity contribution in [1.29, 1.82) is 0 Å². The molecule has 0 unspecified atom stereocenters. The molecular weight excluding hydrogens is 224 g/mol. The molecule has 1 heterocycles. The van der Waals surface area contributed by atoms with E-state index in [1.807, 2.05) is 30.6 Å². The van der Waals surface area contributed by atoms with Crippen molar-refractivity contribution < 1.29 is 0 Å². The molecule has 3 rings (SSSR count). The number of para-hydroxylation sites is 2. The van der Waals surface area contributed by atoms with Gasteiger partial charge in [-0.1, -0.05) is 41.6 Å². The maximum absolute atomic E-state index is 4.39. The highest BCUT2D eigenvalue weighted by molar-refractivity contribution is 6.33. The number of aromatic nitrogens is 2. The van der Waals surface area contributed by atoms with Crippen LogP contribution in [-0.2, 0) is 6.54 Å². The second-order valence-electron chi connectivity index (χ2n) is 4.02. The quantitative estimate of drug-likeness (QED) is 0.620. The summed E-state index contributed by atoms with van der Waals surface area (Å²) < 4.78 is 2.16. The smallest absolute Gasteiger partial charge is 0.0961 e. The van der Waals surface area contributed by atoms with E-state index in [1.54, 1.807) is 0 Å². The first-order chi connectivity index (χ1) is 8.34. The Labute approximate surface area is 103 Å². The van der Waals surface area contributed by atoms with Crippen LogP contribution in [0.15, 0.2) is 54.9 Å². The molecule has 0 aliphatic carbocycles. The van der Waals surface area contributed by atoms with Gasteiger partial charge in [-0.25, -0.2) is 4.98 Å². The van der Waals surface area contributed by atoms with Gasteiger partial charge in [0.05, 0.1) is 27.6 Å². The molecule has 0 fully saturated rings. The van der Waals surface area contributed by atoms with Crippen molar-refractivity contribution in [2.75, 3.05) is 0 Å². The average Bonchev–Trinajstić information content (AvgIpc) is 2.76. The molecule has 0 amide bonds. The molecule has 3 heteroatoms. The number of imidazole rings is 1. The van der Waals surface area contributed by atoms with E-state index in [1.165, 1.54) is 11.1 Å². The lowest BCUT2D eigenvalue weighted by Gasteiger charge is -2.07. The summed E-state index contributed by atoms with van der Waals surface area (Å²) in [5.41, 5.74) is 3.47. The lowest BCUT2D eigenvalue weighted by molar-refractivity contribution is 0.828. The molecular formula is C14H11N2Si. The number of hydrogen-bond acceptors (Lipinski definition) is 1. The molecule has 17 heavy (non-hydrogen) atoms. The standard InChI is InChI=1S/C14H11N2Si/c17-14-8-4-1-5-11(14)9-16-10-15-12-6-2-3-7-13(12)16/h1-8,10H,9H2. The van der Waals surface area contributed by atoms with Crippen LogP contribution in [0.4, 0.5) is 0 Å². The summed E-state index contributed by atoms with van der Waals surface area (Å²) in [6.07, 6.45) is 1.89. The first-order valence-electron chi connectivity index (χ1n) is 5.54. The lowest BCUT2D eigenvalue weighted by atomic mass is 10.2. The summed E-state index contributed by atoms with van der Waals surface area (Å²) in [7, 11) is 3.63. The molecule has 0 aliphatic heterocycles. The summed E-state index contributed by atoms with van der Waals surface area (Å²) in [6, 6.07) is 16.4. The van der Waals surface area contributed by atoms with Crippen LogP contribution >= 0.6 is 0 Å². The van der Waals surface area contributed by atoms with E-state index in [-0.39, 0.29) is 0 Å². The third-order valence-electron chi connectivity index (χ3n) is 2.89. The number of nitrogens with zero attached hydrogens (tertiary/aromatic N) is 2. The van der Waals surface area contributed by atoms with Crippen LogP contribution in [0.1, 0.15) is 5.56 Å². The minimum atomic E-state index is 0.834. The summed E-state index contributed by atoms with van der Waals surface area (Å²) in [5.74, 6) is 0. The van der Waals surface area contributed by atoms with Crippen LogP contribution in [-0.4, -0.2) is 19.8 Å². The molecule has 0 saturated heterocycles. The van der Waals surface area contributed by atoms with Gasteiger partial charge in [0.2, 0.25) is 0 Å². The van der Waals surface area contributed by atoms with E-state index in [0.717, 1.165) is 17.2 Å². The van der Waals surface area contributed by atoms with Crippen molar-refractivity contribution >= 4 is 26.5 Å². The van der Waals surface area contributed by atoms with E-state index < -0.39 is 0 Å².